The van der Waals surface area contributed by atoms with E-state index in [9.17, 15) is 13.2 Å². The molecule has 1 aromatic carbocycles. The maximum atomic E-state index is 12.5. The zero-order valence-electron chi connectivity index (χ0n) is 22.4. The van der Waals surface area contributed by atoms with Gasteiger partial charge in [0.15, 0.2) is 5.76 Å². The Morgan fingerprint density at radius 2 is 1.69 bits per heavy atom. The summed E-state index contributed by atoms with van der Waals surface area (Å²) >= 11 is 0. The Bertz CT molecular complexity index is 1110. The molecule has 0 aromatic heterocycles. The van der Waals surface area contributed by atoms with Gasteiger partial charge in [0.1, 0.15) is 22.7 Å². The van der Waals surface area contributed by atoms with Crippen molar-refractivity contribution in [1.82, 2.24) is 4.90 Å². The predicted octanol–water partition coefficient (Wildman–Crippen LogP) is 5.55. The Hall–Kier alpha value is -2.20. The van der Waals surface area contributed by atoms with Crippen molar-refractivity contribution < 1.29 is 31.3 Å². The standard InChI is InChI=1S/C25H39NO7SSi/c1-23(2,3)31-22(27)26-14-12-25(13-15-26)17-21(32-34(7,28)29)19-11-10-18(16-20(19)30-25)33-35(8,9)24(4,5)6/h10-11,16-17H,12-15H2,1-9H3. The molecule has 35 heavy (non-hydrogen) atoms. The largest absolute Gasteiger partial charge is 0.543 e. The highest BCUT2D eigenvalue weighted by Gasteiger charge is 2.43. The highest BCUT2D eigenvalue weighted by molar-refractivity contribution is 7.86. The lowest BCUT2D eigenvalue weighted by Gasteiger charge is -2.43. The van der Waals surface area contributed by atoms with Gasteiger partial charge in [-0.25, -0.2) is 4.79 Å². The molecule has 2 aliphatic rings. The van der Waals surface area contributed by atoms with Crippen LogP contribution in [0.1, 0.15) is 59.9 Å². The van der Waals surface area contributed by atoms with Crippen molar-refractivity contribution in [2.24, 2.45) is 0 Å². The molecule has 0 atom stereocenters. The Labute approximate surface area is 210 Å². The van der Waals surface area contributed by atoms with E-state index in [0.29, 0.717) is 43.0 Å². The van der Waals surface area contributed by atoms with Gasteiger partial charge in [-0.3, -0.25) is 0 Å². The van der Waals surface area contributed by atoms with Crippen LogP contribution < -0.4 is 9.16 Å². The number of benzene rings is 1. The van der Waals surface area contributed by atoms with Crippen LogP contribution in [0.25, 0.3) is 5.76 Å². The molecule has 3 rings (SSSR count). The Balaban J connectivity index is 1.90. The SMILES string of the molecule is CC(C)(C)OC(=O)N1CCC2(C=C(OS(C)(=O)=O)c3ccc(O[Si](C)(C)C(C)(C)C)cc3O2)CC1. The van der Waals surface area contributed by atoms with Crippen molar-refractivity contribution in [2.45, 2.75) is 83.7 Å². The molecule has 2 heterocycles. The summed E-state index contributed by atoms with van der Waals surface area (Å²) in [6.07, 6.45) is 3.32. The third kappa shape index (κ3) is 6.72. The first kappa shape index (κ1) is 27.4. The average molecular weight is 526 g/mol. The fourth-order valence-corrected chi connectivity index (χ4v) is 5.23. The van der Waals surface area contributed by atoms with Gasteiger partial charge in [0, 0.05) is 38.1 Å². The molecule has 0 unspecified atom stereocenters. The molecule has 8 nitrogen and oxygen atoms in total. The van der Waals surface area contributed by atoms with E-state index in [-0.39, 0.29) is 16.9 Å². The fourth-order valence-electron chi connectivity index (χ4n) is 3.74. The van der Waals surface area contributed by atoms with Gasteiger partial charge >= 0.3 is 16.2 Å². The molecule has 10 heteroatoms. The van der Waals surface area contributed by atoms with Crippen molar-refractivity contribution in [2.75, 3.05) is 19.3 Å². The molecule has 1 fully saturated rings. The molecular weight excluding hydrogens is 486 g/mol. The number of fused-ring (bicyclic) bond motifs is 1. The van der Waals surface area contributed by atoms with Crippen LogP contribution in [-0.4, -0.2) is 58.3 Å². The number of amides is 1. The van der Waals surface area contributed by atoms with Gasteiger partial charge in [-0.1, -0.05) is 20.8 Å². The summed E-state index contributed by atoms with van der Waals surface area (Å²) < 4.78 is 47.9. The van der Waals surface area contributed by atoms with Gasteiger partial charge in [-0.05, 0) is 51.0 Å². The second kappa shape index (κ2) is 9.03. The van der Waals surface area contributed by atoms with Crippen LogP contribution in [0.2, 0.25) is 18.1 Å². The van der Waals surface area contributed by atoms with Gasteiger partial charge in [0.05, 0.1) is 11.8 Å². The van der Waals surface area contributed by atoms with Crippen molar-refractivity contribution in [3.63, 3.8) is 0 Å². The summed E-state index contributed by atoms with van der Waals surface area (Å²) in [5, 5.41) is 0.0178. The lowest BCUT2D eigenvalue weighted by atomic mass is 9.87. The quantitative estimate of drug-likeness (QED) is 0.376. The van der Waals surface area contributed by atoms with Gasteiger partial charge in [0.2, 0.25) is 8.32 Å². The van der Waals surface area contributed by atoms with Crippen LogP contribution >= 0.6 is 0 Å². The predicted molar refractivity (Wildman–Crippen MR) is 139 cm³/mol. The second-order valence-electron chi connectivity index (χ2n) is 12.0. The van der Waals surface area contributed by atoms with E-state index in [1.807, 2.05) is 32.9 Å². The molecule has 1 amide bonds. The molecular formula is C25H39NO7SSi. The van der Waals surface area contributed by atoms with E-state index >= 15 is 0 Å². The number of piperidine rings is 1. The number of likely N-dealkylation sites (tertiary alicyclic amines) is 1. The first-order chi connectivity index (χ1) is 15.8. The Morgan fingerprint density at radius 1 is 1.09 bits per heavy atom. The van der Waals surface area contributed by atoms with E-state index in [4.69, 9.17) is 18.1 Å². The normalized spacial score (nSPS) is 18.3. The van der Waals surface area contributed by atoms with Crippen LogP contribution in [0.15, 0.2) is 24.3 Å². The molecule has 0 radical (unpaired) electrons. The molecule has 0 bridgehead atoms. The molecule has 2 aliphatic heterocycles. The van der Waals surface area contributed by atoms with E-state index in [1.54, 1.807) is 17.0 Å². The number of hydrogen-bond acceptors (Lipinski definition) is 7. The topological polar surface area (TPSA) is 91.4 Å². The zero-order valence-corrected chi connectivity index (χ0v) is 24.2. The van der Waals surface area contributed by atoms with E-state index in [0.717, 1.165) is 6.26 Å². The molecule has 1 saturated heterocycles. The Morgan fingerprint density at radius 3 is 2.20 bits per heavy atom. The first-order valence-electron chi connectivity index (χ1n) is 11.9. The van der Waals surface area contributed by atoms with E-state index in [2.05, 4.69) is 33.9 Å². The molecule has 1 spiro atoms. The number of nitrogens with zero attached hydrogens (tertiary/aromatic N) is 1. The highest BCUT2D eigenvalue weighted by atomic mass is 32.2. The molecule has 0 N–H and O–H groups in total. The van der Waals surface area contributed by atoms with Crippen LogP contribution in [0.5, 0.6) is 11.5 Å². The average Bonchev–Trinajstić information content (AvgIpc) is 2.64. The fraction of sp³-hybridized carbons (Fsp3) is 0.640. The molecule has 0 aliphatic carbocycles. The van der Waals surface area contributed by atoms with Gasteiger partial charge in [0.25, 0.3) is 0 Å². The second-order valence-corrected chi connectivity index (χ2v) is 18.3. The minimum atomic E-state index is -3.76. The van der Waals surface area contributed by atoms with Crippen LogP contribution in [0.4, 0.5) is 4.79 Å². The summed E-state index contributed by atoms with van der Waals surface area (Å²) in [6.45, 7) is 17.2. The number of carbonyl (C=O) groups excluding carboxylic acids is 1. The van der Waals surface area contributed by atoms with Crippen molar-refractivity contribution >= 4 is 30.3 Å². The van der Waals surface area contributed by atoms with Crippen molar-refractivity contribution in [3.05, 3.63) is 29.8 Å². The minimum absolute atomic E-state index is 0.0178. The summed E-state index contributed by atoms with van der Waals surface area (Å²) in [6, 6.07) is 5.42. The number of rotatable bonds is 4. The number of carbonyl (C=O) groups is 1. The summed E-state index contributed by atoms with van der Waals surface area (Å²) in [5.41, 5.74) is -0.830. The smallest absolute Gasteiger partial charge is 0.410 e. The minimum Gasteiger partial charge on any atom is -0.543 e. The summed E-state index contributed by atoms with van der Waals surface area (Å²) in [5.74, 6) is 1.42. The van der Waals surface area contributed by atoms with Crippen molar-refractivity contribution in [3.8, 4) is 11.5 Å². The van der Waals surface area contributed by atoms with E-state index < -0.39 is 29.6 Å². The van der Waals surface area contributed by atoms with Crippen molar-refractivity contribution in [1.29, 1.82) is 0 Å². The molecule has 0 saturated carbocycles. The summed E-state index contributed by atoms with van der Waals surface area (Å²) in [7, 11) is -5.85. The first-order valence-corrected chi connectivity index (χ1v) is 16.6. The van der Waals surface area contributed by atoms with Gasteiger partial charge in [-0.15, -0.1) is 0 Å². The Kier molecular flexibility index (Phi) is 7.06. The van der Waals surface area contributed by atoms with Gasteiger partial charge < -0.3 is 23.0 Å². The maximum Gasteiger partial charge on any atom is 0.410 e. The van der Waals surface area contributed by atoms with E-state index in [1.165, 1.54) is 0 Å². The van der Waals surface area contributed by atoms with Crippen LogP contribution in [-0.2, 0) is 19.0 Å². The van der Waals surface area contributed by atoms with Crippen LogP contribution in [0.3, 0.4) is 0 Å². The zero-order chi connectivity index (χ0) is 26.4. The third-order valence-electron chi connectivity index (χ3n) is 6.61. The lowest BCUT2D eigenvalue weighted by molar-refractivity contribution is -0.00161. The third-order valence-corrected chi connectivity index (χ3v) is 11.4. The molecule has 1 aromatic rings. The monoisotopic (exact) mass is 525 g/mol. The summed E-state index contributed by atoms with van der Waals surface area (Å²) in [4.78, 5) is 14.2. The van der Waals surface area contributed by atoms with Crippen LogP contribution in [0, 0.1) is 0 Å². The highest BCUT2D eigenvalue weighted by Crippen LogP contribution is 2.45. The number of hydrogen-bond donors (Lipinski definition) is 0. The lowest BCUT2D eigenvalue weighted by Crippen LogP contribution is -2.50. The number of ether oxygens (including phenoxy) is 2. The maximum absolute atomic E-state index is 12.5. The molecule has 196 valence electrons. The van der Waals surface area contributed by atoms with Gasteiger partial charge in [-0.2, -0.15) is 8.42 Å².